The van der Waals surface area contributed by atoms with Gasteiger partial charge in [0.25, 0.3) is 5.91 Å². The van der Waals surface area contributed by atoms with Crippen molar-refractivity contribution >= 4 is 11.8 Å². The third kappa shape index (κ3) is 4.51. The van der Waals surface area contributed by atoms with E-state index in [1.165, 1.54) is 0 Å². The second-order valence-corrected chi connectivity index (χ2v) is 7.37. The van der Waals surface area contributed by atoms with Gasteiger partial charge in [-0.2, -0.15) is 5.10 Å². The fourth-order valence-corrected chi connectivity index (χ4v) is 3.64. The molecule has 0 fully saturated rings. The molecule has 2 N–H and O–H groups in total. The predicted octanol–water partition coefficient (Wildman–Crippen LogP) is 1.80. The Hall–Kier alpha value is -3.48. The molecule has 2 amide bonds. The van der Waals surface area contributed by atoms with Gasteiger partial charge in [0.2, 0.25) is 5.91 Å². The lowest BCUT2D eigenvalue weighted by Crippen LogP contribution is -2.37. The number of carbonyl (C=O) groups excluding carboxylic acids is 2. The van der Waals surface area contributed by atoms with Crippen LogP contribution < -0.4 is 10.6 Å². The maximum absolute atomic E-state index is 12.6. The molecule has 1 aromatic carbocycles. The minimum absolute atomic E-state index is 0.0195. The van der Waals surface area contributed by atoms with Crippen LogP contribution in [-0.2, 0) is 30.7 Å². The van der Waals surface area contributed by atoms with Gasteiger partial charge in [0.15, 0.2) is 0 Å². The Bertz CT molecular complexity index is 1030. The first-order valence-corrected chi connectivity index (χ1v) is 9.65. The Morgan fingerprint density at radius 1 is 1.17 bits per heavy atom. The van der Waals surface area contributed by atoms with Gasteiger partial charge in [-0.1, -0.05) is 35.9 Å². The Morgan fingerprint density at radius 3 is 2.83 bits per heavy atom. The number of hydrogen-bond donors (Lipinski definition) is 2. The van der Waals surface area contributed by atoms with Crippen LogP contribution in [0.2, 0.25) is 0 Å². The molecule has 0 spiro atoms. The Morgan fingerprint density at radius 2 is 2.03 bits per heavy atom. The average molecular weight is 389 g/mol. The van der Waals surface area contributed by atoms with E-state index in [1.807, 2.05) is 43.3 Å². The lowest BCUT2D eigenvalue weighted by molar-refractivity contribution is -0.121. The Balaban J connectivity index is 1.33. The summed E-state index contributed by atoms with van der Waals surface area (Å²) < 4.78 is 1.80. The van der Waals surface area contributed by atoms with Gasteiger partial charge in [-0.15, -0.1) is 0 Å². The molecule has 1 aliphatic rings. The van der Waals surface area contributed by atoms with Crippen molar-refractivity contribution in [2.45, 2.75) is 38.9 Å². The van der Waals surface area contributed by atoms with Crippen molar-refractivity contribution in [2.24, 2.45) is 0 Å². The van der Waals surface area contributed by atoms with E-state index in [9.17, 15) is 9.59 Å². The van der Waals surface area contributed by atoms with Crippen LogP contribution in [0.3, 0.4) is 0 Å². The summed E-state index contributed by atoms with van der Waals surface area (Å²) in [7, 11) is 0. The average Bonchev–Trinajstić information content (AvgIpc) is 3.27. The van der Waals surface area contributed by atoms with Crippen LogP contribution in [0.15, 0.2) is 55.0 Å². The zero-order chi connectivity index (χ0) is 20.2. The summed E-state index contributed by atoms with van der Waals surface area (Å²) in [6.45, 7) is 3.00. The number of benzene rings is 1. The number of amides is 2. The molecule has 0 unspecified atom stereocenters. The Kier molecular flexibility index (Phi) is 5.37. The van der Waals surface area contributed by atoms with Gasteiger partial charge < -0.3 is 10.6 Å². The molecule has 2 aromatic heterocycles. The molecular formula is C22H23N5O2. The van der Waals surface area contributed by atoms with Crippen molar-refractivity contribution in [3.05, 3.63) is 82.9 Å². The fourth-order valence-electron chi connectivity index (χ4n) is 3.64. The van der Waals surface area contributed by atoms with Gasteiger partial charge in [-0.25, -0.2) is 0 Å². The molecule has 1 aliphatic heterocycles. The minimum atomic E-state index is -0.165. The summed E-state index contributed by atoms with van der Waals surface area (Å²) in [5.41, 5.74) is 4.48. The highest BCUT2D eigenvalue weighted by Gasteiger charge is 2.28. The van der Waals surface area contributed by atoms with E-state index in [-0.39, 0.29) is 17.9 Å². The van der Waals surface area contributed by atoms with Gasteiger partial charge in [0.1, 0.15) is 0 Å². The van der Waals surface area contributed by atoms with Crippen molar-refractivity contribution in [2.75, 3.05) is 0 Å². The molecule has 0 radical (unpaired) electrons. The second-order valence-electron chi connectivity index (χ2n) is 7.37. The number of hydrogen-bond acceptors (Lipinski definition) is 4. The molecule has 4 rings (SSSR count). The number of carbonyl (C=O) groups is 2. The van der Waals surface area contributed by atoms with E-state index < -0.39 is 0 Å². The third-order valence-electron chi connectivity index (χ3n) is 5.01. The van der Waals surface area contributed by atoms with Gasteiger partial charge in [-0.05, 0) is 24.1 Å². The van der Waals surface area contributed by atoms with E-state index in [1.54, 1.807) is 23.3 Å². The molecule has 3 heterocycles. The highest BCUT2D eigenvalue weighted by atomic mass is 16.2. The first-order valence-electron chi connectivity index (χ1n) is 9.65. The molecule has 0 bridgehead atoms. The van der Waals surface area contributed by atoms with Crippen LogP contribution in [0.25, 0.3) is 0 Å². The number of aryl methyl sites for hydroxylation is 1. The first kappa shape index (κ1) is 18.9. The SMILES string of the molecule is Cc1cccc(CC(=O)N[C@H]2Cc3c(C(=O)NCc4cccnc4)cnn3C2)c1. The molecule has 148 valence electrons. The molecule has 29 heavy (non-hydrogen) atoms. The molecule has 1 atom stereocenters. The van der Waals surface area contributed by atoms with Crippen LogP contribution in [0, 0.1) is 6.92 Å². The molecular weight excluding hydrogens is 366 g/mol. The molecule has 0 saturated heterocycles. The summed E-state index contributed by atoms with van der Waals surface area (Å²) in [5, 5.41) is 10.3. The largest absolute Gasteiger partial charge is 0.351 e. The van der Waals surface area contributed by atoms with Gasteiger partial charge in [0.05, 0.1) is 36.5 Å². The van der Waals surface area contributed by atoms with E-state index in [0.717, 1.165) is 22.4 Å². The molecule has 0 aliphatic carbocycles. The molecule has 7 heteroatoms. The summed E-state index contributed by atoms with van der Waals surface area (Å²) in [6.07, 6.45) is 5.96. The standard InChI is InChI=1S/C22H23N5O2/c1-15-4-2-5-16(8-15)9-21(28)26-18-10-20-19(13-25-27(20)14-18)22(29)24-12-17-6-3-7-23-11-17/h2-8,11,13,18H,9-10,12,14H2,1H3,(H,24,29)(H,26,28)/t18-/m0/s1. The van der Waals surface area contributed by atoms with Crippen LogP contribution in [0.4, 0.5) is 0 Å². The number of rotatable bonds is 6. The van der Waals surface area contributed by atoms with E-state index in [0.29, 0.717) is 31.5 Å². The number of fused-ring (bicyclic) bond motifs is 1. The smallest absolute Gasteiger partial charge is 0.255 e. The number of aromatic nitrogens is 3. The monoisotopic (exact) mass is 389 g/mol. The number of pyridine rings is 1. The van der Waals surface area contributed by atoms with Crippen molar-refractivity contribution in [1.82, 2.24) is 25.4 Å². The van der Waals surface area contributed by atoms with Crippen molar-refractivity contribution in [1.29, 1.82) is 0 Å². The van der Waals surface area contributed by atoms with Gasteiger partial charge in [-0.3, -0.25) is 19.3 Å². The van der Waals surface area contributed by atoms with Crippen molar-refractivity contribution < 1.29 is 9.59 Å². The van der Waals surface area contributed by atoms with Crippen LogP contribution in [0.5, 0.6) is 0 Å². The quantitative estimate of drug-likeness (QED) is 0.673. The maximum atomic E-state index is 12.6. The summed E-state index contributed by atoms with van der Waals surface area (Å²) in [4.78, 5) is 29.0. The van der Waals surface area contributed by atoms with Crippen molar-refractivity contribution in [3.63, 3.8) is 0 Å². The topological polar surface area (TPSA) is 88.9 Å². The van der Waals surface area contributed by atoms with Gasteiger partial charge in [0, 0.05) is 25.4 Å². The zero-order valence-corrected chi connectivity index (χ0v) is 16.3. The summed E-state index contributed by atoms with van der Waals surface area (Å²) in [5.74, 6) is -0.184. The molecule has 0 saturated carbocycles. The summed E-state index contributed by atoms with van der Waals surface area (Å²) >= 11 is 0. The lowest BCUT2D eigenvalue weighted by Gasteiger charge is -2.12. The highest BCUT2D eigenvalue weighted by molar-refractivity contribution is 5.95. The molecule has 7 nitrogen and oxygen atoms in total. The van der Waals surface area contributed by atoms with Crippen LogP contribution >= 0.6 is 0 Å². The zero-order valence-electron chi connectivity index (χ0n) is 16.3. The van der Waals surface area contributed by atoms with E-state index in [2.05, 4.69) is 20.7 Å². The normalized spacial score (nSPS) is 15.0. The van der Waals surface area contributed by atoms with Gasteiger partial charge >= 0.3 is 0 Å². The Labute approximate surface area is 169 Å². The predicted molar refractivity (Wildman–Crippen MR) is 108 cm³/mol. The second kappa shape index (κ2) is 8.26. The molecule has 3 aromatic rings. The van der Waals surface area contributed by atoms with Crippen LogP contribution in [0.1, 0.15) is 32.7 Å². The highest BCUT2D eigenvalue weighted by Crippen LogP contribution is 2.19. The fraction of sp³-hybridized carbons (Fsp3) is 0.273. The van der Waals surface area contributed by atoms with Crippen molar-refractivity contribution in [3.8, 4) is 0 Å². The maximum Gasteiger partial charge on any atom is 0.255 e. The van der Waals surface area contributed by atoms with Crippen LogP contribution in [-0.4, -0.2) is 32.6 Å². The van der Waals surface area contributed by atoms with E-state index >= 15 is 0 Å². The minimum Gasteiger partial charge on any atom is -0.351 e. The third-order valence-corrected chi connectivity index (χ3v) is 5.01. The number of nitrogens with zero attached hydrogens (tertiary/aromatic N) is 3. The number of nitrogens with one attached hydrogen (secondary N) is 2. The van der Waals surface area contributed by atoms with E-state index in [4.69, 9.17) is 0 Å². The summed E-state index contributed by atoms with van der Waals surface area (Å²) in [6, 6.07) is 11.6. The first-order chi connectivity index (χ1) is 14.1. The lowest BCUT2D eigenvalue weighted by atomic mass is 10.1.